The summed E-state index contributed by atoms with van der Waals surface area (Å²) in [4.78, 5) is 3.61. The summed E-state index contributed by atoms with van der Waals surface area (Å²) in [6.07, 6.45) is -3.01. The van der Waals surface area contributed by atoms with Crippen molar-refractivity contribution in [2.24, 2.45) is 5.73 Å². The van der Waals surface area contributed by atoms with Crippen molar-refractivity contribution in [3.05, 3.63) is 27.1 Å². The van der Waals surface area contributed by atoms with Gasteiger partial charge in [-0.15, -0.1) is 0 Å². The summed E-state index contributed by atoms with van der Waals surface area (Å²) >= 11 is 1.78. The first kappa shape index (κ1) is 10.7. The van der Waals surface area contributed by atoms with Crippen LogP contribution in [0.3, 0.4) is 0 Å². The van der Waals surface area contributed by atoms with Crippen LogP contribution in [0.15, 0.2) is 12.3 Å². The number of halogens is 4. The Morgan fingerprint density at radius 2 is 2.08 bits per heavy atom. The molecule has 0 aliphatic carbocycles. The molecule has 0 unspecified atom stereocenters. The summed E-state index contributed by atoms with van der Waals surface area (Å²) in [6.45, 7) is -0.203. The van der Waals surface area contributed by atoms with Crippen molar-refractivity contribution in [3.8, 4) is 0 Å². The number of nitrogens with two attached hydrogens (primary N) is 1. The third-order valence-corrected chi connectivity index (χ3v) is 2.03. The van der Waals surface area contributed by atoms with E-state index >= 15 is 0 Å². The van der Waals surface area contributed by atoms with E-state index in [0.717, 1.165) is 6.07 Å². The standard InChI is InChI=1S/C7H6F3IN2/c8-7(9,10)5-1-4(11)3-13-6(5)2-12/h1,3H,2,12H2. The number of aromatic nitrogens is 1. The van der Waals surface area contributed by atoms with Gasteiger partial charge in [0.1, 0.15) is 0 Å². The molecule has 0 amide bonds. The Balaban J connectivity index is 3.24. The van der Waals surface area contributed by atoms with E-state index in [1.807, 2.05) is 0 Å². The maximum atomic E-state index is 12.3. The lowest BCUT2D eigenvalue weighted by atomic mass is 10.2. The highest BCUT2D eigenvalue weighted by atomic mass is 127. The molecule has 0 bridgehead atoms. The van der Waals surface area contributed by atoms with E-state index in [2.05, 4.69) is 4.98 Å². The number of nitrogens with zero attached hydrogens (tertiary/aromatic N) is 1. The van der Waals surface area contributed by atoms with Gasteiger partial charge < -0.3 is 5.73 Å². The lowest BCUT2D eigenvalue weighted by Crippen LogP contribution is -2.13. The molecule has 1 aromatic heterocycles. The molecular formula is C7H6F3IN2. The molecule has 1 rings (SSSR count). The molecule has 0 spiro atoms. The first-order chi connectivity index (χ1) is 5.95. The van der Waals surface area contributed by atoms with Crippen LogP contribution in [-0.4, -0.2) is 4.98 Å². The third-order valence-electron chi connectivity index (χ3n) is 1.44. The molecule has 0 saturated carbocycles. The first-order valence-corrected chi connectivity index (χ1v) is 4.44. The number of rotatable bonds is 1. The Hall–Kier alpha value is -0.370. The Morgan fingerprint density at radius 1 is 1.46 bits per heavy atom. The second-order valence-electron chi connectivity index (χ2n) is 2.35. The smallest absolute Gasteiger partial charge is 0.325 e. The number of hydrogen-bond acceptors (Lipinski definition) is 2. The molecule has 0 aliphatic heterocycles. The first-order valence-electron chi connectivity index (χ1n) is 3.37. The molecule has 0 saturated heterocycles. The molecule has 1 aromatic rings. The highest BCUT2D eigenvalue weighted by Gasteiger charge is 2.33. The van der Waals surface area contributed by atoms with Crippen molar-refractivity contribution in [1.82, 2.24) is 4.98 Å². The minimum absolute atomic E-state index is 0.118. The summed E-state index contributed by atoms with van der Waals surface area (Å²) in [5.74, 6) is 0. The van der Waals surface area contributed by atoms with Gasteiger partial charge in [-0.3, -0.25) is 4.98 Å². The van der Waals surface area contributed by atoms with E-state index in [1.54, 1.807) is 22.6 Å². The lowest BCUT2D eigenvalue weighted by molar-refractivity contribution is -0.138. The van der Waals surface area contributed by atoms with Gasteiger partial charge in [-0.05, 0) is 28.7 Å². The average Bonchev–Trinajstić information content (AvgIpc) is 2.03. The minimum atomic E-state index is -4.37. The molecule has 2 N–H and O–H groups in total. The maximum absolute atomic E-state index is 12.3. The highest BCUT2D eigenvalue weighted by molar-refractivity contribution is 14.1. The van der Waals surface area contributed by atoms with Crippen LogP contribution in [0.4, 0.5) is 13.2 Å². The van der Waals surface area contributed by atoms with Crippen molar-refractivity contribution >= 4 is 22.6 Å². The Morgan fingerprint density at radius 3 is 2.54 bits per heavy atom. The number of pyridine rings is 1. The predicted molar refractivity (Wildman–Crippen MR) is 49.8 cm³/mol. The second-order valence-corrected chi connectivity index (χ2v) is 3.60. The lowest BCUT2D eigenvalue weighted by Gasteiger charge is -2.10. The maximum Gasteiger partial charge on any atom is 0.418 e. The monoisotopic (exact) mass is 302 g/mol. The summed E-state index contributed by atoms with van der Waals surface area (Å²) in [5.41, 5.74) is 4.27. The normalized spacial score (nSPS) is 11.8. The molecule has 0 aromatic carbocycles. The van der Waals surface area contributed by atoms with Crippen LogP contribution in [0.5, 0.6) is 0 Å². The fourth-order valence-electron chi connectivity index (χ4n) is 0.876. The van der Waals surface area contributed by atoms with E-state index < -0.39 is 11.7 Å². The minimum Gasteiger partial charge on any atom is -0.325 e. The largest absolute Gasteiger partial charge is 0.418 e. The predicted octanol–water partition coefficient (Wildman–Crippen LogP) is 2.16. The quantitative estimate of drug-likeness (QED) is 0.808. The van der Waals surface area contributed by atoms with Crippen molar-refractivity contribution in [1.29, 1.82) is 0 Å². The zero-order valence-electron chi connectivity index (χ0n) is 6.40. The zero-order valence-corrected chi connectivity index (χ0v) is 8.56. The molecule has 72 valence electrons. The van der Waals surface area contributed by atoms with Gasteiger partial charge in [-0.2, -0.15) is 13.2 Å². The van der Waals surface area contributed by atoms with Gasteiger partial charge in [0.25, 0.3) is 0 Å². The van der Waals surface area contributed by atoms with E-state index in [0.29, 0.717) is 3.57 Å². The van der Waals surface area contributed by atoms with Crippen molar-refractivity contribution < 1.29 is 13.2 Å². The van der Waals surface area contributed by atoms with E-state index in [-0.39, 0.29) is 12.2 Å². The van der Waals surface area contributed by atoms with Gasteiger partial charge in [-0.25, -0.2) is 0 Å². The zero-order chi connectivity index (χ0) is 10.1. The summed E-state index contributed by atoms with van der Waals surface area (Å²) < 4.78 is 37.4. The fourth-order valence-corrected chi connectivity index (χ4v) is 1.33. The van der Waals surface area contributed by atoms with Gasteiger partial charge in [0.05, 0.1) is 11.3 Å². The molecule has 1 heterocycles. The number of alkyl halides is 3. The van der Waals surface area contributed by atoms with Gasteiger partial charge in [-0.1, -0.05) is 0 Å². The van der Waals surface area contributed by atoms with Crippen LogP contribution >= 0.6 is 22.6 Å². The van der Waals surface area contributed by atoms with Crippen molar-refractivity contribution in [2.45, 2.75) is 12.7 Å². The Bertz CT molecular complexity index is 311. The summed E-state index contributed by atoms with van der Waals surface area (Å²) in [5, 5.41) is 0. The van der Waals surface area contributed by atoms with Gasteiger partial charge in [0.15, 0.2) is 0 Å². The van der Waals surface area contributed by atoms with Crippen LogP contribution in [-0.2, 0) is 12.7 Å². The fraction of sp³-hybridized carbons (Fsp3) is 0.286. The van der Waals surface area contributed by atoms with Crippen LogP contribution in [0.25, 0.3) is 0 Å². The second kappa shape index (κ2) is 3.79. The van der Waals surface area contributed by atoms with Crippen molar-refractivity contribution in [2.75, 3.05) is 0 Å². The van der Waals surface area contributed by atoms with Gasteiger partial charge in [0.2, 0.25) is 0 Å². The highest BCUT2D eigenvalue weighted by Crippen LogP contribution is 2.31. The molecule has 0 atom stereocenters. The Kier molecular flexibility index (Phi) is 3.12. The van der Waals surface area contributed by atoms with E-state index in [4.69, 9.17) is 5.73 Å². The van der Waals surface area contributed by atoms with Crippen LogP contribution < -0.4 is 5.73 Å². The average molecular weight is 302 g/mol. The number of hydrogen-bond donors (Lipinski definition) is 1. The Labute approximate surface area is 86.5 Å². The SMILES string of the molecule is NCc1ncc(I)cc1C(F)(F)F. The van der Waals surface area contributed by atoms with Crippen LogP contribution in [0.2, 0.25) is 0 Å². The van der Waals surface area contributed by atoms with Gasteiger partial charge in [0, 0.05) is 16.3 Å². The molecule has 0 aliphatic rings. The molecule has 13 heavy (non-hydrogen) atoms. The molecule has 0 radical (unpaired) electrons. The third kappa shape index (κ3) is 2.53. The topological polar surface area (TPSA) is 38.9 Å². The van der Waals surface area contributed by atoms with E-state index in [9.17, 15) is 13.2 Å². The molecule has 0 fully saturated rings. The van der Waals surface area contributed by atoms with E-state index in [1.165, 1.54) is 6.20 Å². The van der Waals surface area contributed by atoms with Crippen molar-refractivity contribution in [3.63, 3.8) is 0 Å². The van der Waals surface area contributed by atoms with Crippen LogP contribution in [0.1, 0.15) is 11.3 Å². The molecular weight excluding hydrogens is 296 g/mol. The van der Waals surface area contributed by atoms with Gasteiger partial charge >= 0.3 is 6.18 Å². The van der Waals surface area contributed by atoms with Crippen LogP contribution in [0, 0.1) is 3.57 Å². The molecule has 2 nitrogen and oxygen atoms in total. The summed E-state index contributed by atoms with van der Waals surface area (Å²) in [6, 6.07) is 1.04. The summed E-state index contributed by atoms with van der Waals surface area (Å²) in [7, 11) is 0. The molecule has 6 heteroatoms.